The van der Waals surface area contributed by atoms with Crippen LogP contribution in [-0.2, 0) is 21.9 Å². The second-order valence-corrected chi connectivity index (χ2v) is 15.6. The van der Waals surface area contributed by atoms with Crippen molar-refractivity contribution in [2.45, 2.75) is 82.0 Å². The maximum absolute atomic E-state index is 13.5. The zero-order chi connectivity index (χ0) is 30.4. The van der Waals surface area contributed by atoms with E-state index in [2.05, 4.69) is 21.8 Å². The number of nitrogens with one attached hydrogen (secondary N) is 1. The molecule has 1 fully saturated rings. The number of anilines is 1. The molecule has 2 heterocycles. The fourth-order valence-corrected chi connectivity index (χ4v) is 9.82. The van der Waals surface area contributed by atoms with Crippen LogP contribution in [0.4, 0.5) is 5.69 Å². The second-order valence-electron chi connectivity index (χ2n) is 13.2. The summed E-state index contributed by atoms with van der Waals surface area (Å²) in [5, 5.41) is 11.2. The summed E-state index contributed by atoms with van der Waals surface area (Å²) in [6.07, 6.45) is 9.79. The number of hydrogen-bond donors (Lipinski definition) is 2. The van der Waals surface area contributed by atoms with E-state index in [0.717, 1.165) is 49.4 Å². The highest BCUT2D eigenvalue weighted by Crippen LogP contribution is 2.46. The molecule has 232 valence electrons. The van der Waals surface area contributed by atoms with E-state index in [1.165, 1.54) is 11.1 Å². The molecule has 43 heavy (non-hydrogen) atoms. The predicted octanol–water partition coefficient (Wildman–Crippen LogP) is 6.02. The van der Waals surface area contributed by atoms with E-state index in [0.29, 0.717) is 43.7 Å². The van der Waals surface area contributed by atoms with Gasteiger partial charge in [0.25, 0.3) is 5.91 Å². The number of rotatable bonds is 2. The highest BCUT2D eigenvalue weighted by atomic mass is 35.5. The van der Waals surface area contributed by atoms with Gasteiger partial charge >= 0.3 is 0 Å². The third-order valence-electron chi connectivity index (χ3n) is 10.4. The molecule has 1 unspecified atom stereocenters. The lowest BCUT2D eigenvalue weighted by Gasteiger charge is -2.45. The minimum absolute atomic E-state index is 0.127. The first kappa shape index (κ1) is 30.5. The highest BCUT2D eigenvalue weighted by Gasteiger charge is 2.44. The van der Waals surface area contributed by atoms with Crippen molar-refractivity contribution in [1.29, 1.82) is 0 Å². The summed E-state index contributed by atoms with van der Waals surface area (Å²) in [7, 11) is -3.93. The lowest BCUT2D eigenvalue weighted by atomic mass is 9.68. The summed E-state index contributed by atoms with van der Waals surface area (Å²) in [5.41, 5.74) is 3.35. The topological polar surface area (TPSA) is 95.9 Å². The predicted molar refractivity (Wildman–Crippen MR) is 170 cm³/mol. The number of sulfonamides is 1. The van der Waals surface area contributed by atoms with Crippen molar-refractivity contribution in [2.75, 3.05) is 24.6 Å². The lowest BCUT2D eigenvalue weighted by Crippen LogP contribution is -2.49. The molecule has 2 N–H and O–H groups in total. The third-order valence-corrected chi connectivity index (χ3v) is 12.6. The number of benzene rings is 2. The molecule has 1 spiro atoms. The average Bonchev–Trinajstić information content (AvgIpc) is 3.10. The highest BCUT2D eigenvalue weighted by molar-refractivity contribution is 7.90. The van der Waals surface area contributed by atoms with Gasteiger partial charge in [0.05, 0.1) is 23.6 Å². The normalized spacial score (nSPS) is 32.8. The first-order valence-corrected chi connectivity index (χ1v) is 17.7. The number of aliphatic hydroxyl groups excluding tert-OH is 1. The van der Waals surface area contributed by atoms with E-state index in [1.54, 1.807) is 18.2 Å². The van der Waals surface area contributed by atoms with Crippen molar-refractivity contribution in [3.63, 3.8) is 0 Å². The number of ether oxygens (including phenoxy) is 1. The van der Waals surface area contributed by atoms with Gasteiger partial charge < -0.3 is 14.7 Å². The molecule has 6 rings (SSSR count). The standard InChI is InChI=1S/C34H43ClN2O5S/c1-3-6-32-22(2)7-4-9-30(38)27-13-10-25(27)19-37-20-34(16-5-8-23-17-26(35)12-14-28(23)34)21-42-31-15-11-24(18-29(31)37)33(39)36-43(32,40)41/h4,9,11-12,14-15,17-18,22,25,27,30,32,38H,3,5-8,10,13,16,19-21H2,1-2H3,(H,36,39)/b9-4-/t22-,25-,27+,30?,32-,34-/m0/s1. The smallest absolute Gasteiger partial charge is 0.264 e. The molecule has 1 saturated carbocycles. The van der Waals surface area contributed by atoms with Crippen LogP contribution in [0.5, 0.6) is 5.75 Å². The van der Waals surface area contributed by atoms with Gasteiger partial charge in [-0.15, -0.1) is 0 Å². The Bertz CT molecular complexity index is 1510. The minimum atomic E-state index is -3.93. The summed E-state index contributed by atoms with van der Waals surface area (Å²) in [4.78, 5) is 15.8. The van der Waals surface area contributed by atoms with Crippen LogP contribution in [0.3, 0.4) is 0 Å². The summed E-state index contributed by atoms with van der Waals surface area (Å²) >= 11 is 6.39. The number of fused-ring (bicyclic) bond motifs is 4. The van der Waals surface area contributed by atoms with E-state index in [9.17, 15) is 18.3 Å². The number of carbonyl (C=O) groups is 1. The summed E-state index contributed by atoms with van der Waals surface area (Å²) < 4.78 is 36.0. The molecule has 0 saturated heterocycles. The molecular formula is C34H43ClN2O5S. The van der Waals surface area contributed by atoms with Crippen LogP contribution in [0.25, 0.3) is 0 Å². The van der Waals surface area contributed by atoms with Gasteiger partial charge in [0.15, 0.2) is 0 Å². The van der Waals surface area contributed by atoms with Crippen LogP contribution in [-0.4, -0.2) is 50.5 Å². The molecule has 0 radical (unpaired) electrons. The van der Waals surface area contributed by atoms with E-state index >= 15 is 0 Å². The quantitative estimate of drug-likeness (QED) is 0.396. The Morgan fingerprint density at radius 3 is 2.79 bits per heavy atom. The average molecular weight is 627 g/mol. The van der Waals surface area contributed by atoms with Crippen LogP contribution in [0.15, 0.2) is 48.6 Å². The van der Waals surface area contributed by atoms with Crippen molar-refractivity contribution in [3.8, 4) is 5.75 Å². The number of amides is 1. The van der Waals surface area contributed by atoms with Crippen molar-refractivity contribution in [2.24, 2.45) is 17.8 Å². The Labute approximate surface area is 260 Å². The Morgan fingerprint density at radius 1 is 1.19 bits per heavy atom. The SMILES string of the molecule is CCC[C@H]1[C@@H](C)C/C=C\C(O)[C@@H]2CC[C@H]2CN2C[C@@]3(CCCc4cc(Cl)ccc43)COc3ccc(cc32)C(=O)NS1(=O)=O. The molecule has 4 aliphatic rings. The van der Waals surface area contributed by atoms with E-state index in [4.69, 9.17) is 16.3 Å². The van der Waals surface area contributed by atoms with Crippen molar-refractivity contribution >= 4 is 33.2 Å². The first-order valence-electron chi connectivity index (χ1n) is 15.8. The molecule has 2 aromatic carbocycles. The van der Waals surface area contributed by atoms with E-state index in [-0.39, 0.29) is 23.2 Å². The fourth-order valence-electron chi connectivity index (χ4n) is 7.83. The first-order chi connectivity index (χ1) is 20.6. The molecule has 9 heteroatoms. The molecule has 7 nitrogen and oxygen atoms in total. The van der Waals surface area contributed by atoms with Crippen LogP contribution < -0.4 is 14.4 Å². The number of carbonyl (C=O) groups excluding carboxylic acids is 1. The van der Waals surface area contributed by atoms with Gasteiger partial charge in [-0.3, -0.25) is 4.79 Å². The number of halogens is 1. The number of allylic oxidation sites excluding steroid dienone is 1. The van der Waals surface area contributed by atoms with E-state index < -0.39 is 27.3 Å². The van der Waals surface area contributed by atoms with Crippen LogP contribution in [0, 0.1) is 17.8 Å². The summed E-state index contributed by atoms with van der Waals surface area (Å²) in [5.74, 6) is 0.271. The number of nitrogens with zero attached hydrogens (tertiary/aromatic N) is 1. The fraction of sp³-hybridized carbons (Fsp3) is 0.559. The molecule has 0 aromatic heterocycles. The molecule has 1 amide bonds. The zero-order valence-corrected chi connectivity index (χ0v) is 26.7. The molecule has 2 bridgehead atoms. The second kappa shape index (κ2) is 12.1. The summed E-state index contributed by atoms with van der Waals surface area (Å²) in [6.45, 7) is 5.77. The van der Waals surface area contributed by atoms with Gasteiger partial charge in [-0.2, -0.15) is 0 Å². The Hall–Kier alpha value is -2.55. The summed E-state index contributed by atoms with van der Waals surface area (Å²) in [6, 6.07) is 11.4. The van der Waals surface area contributed by atoms with Crippen molar-refractivity contribution in [3.05, 3.63) is 70.3 Å². The van der Waals surface area contributed by atoms with E-state index in [1.807, 2.05) is 32.1 Å². The van der Waals surface area contributed by atoms with Gasteiger partial charge in [0.1, 0.15) is 5.75 Å². The Morgan fingerprint density at radius 2 is 2.02 bits per heavy atom. The number of hydrogen-bond acceptors (Lipinski definition) is 6. The third kappa shape index (κ3) is 5.95. The van der Waals surface area contributed by atoms with Crippen LogP contribution >= 0.6 is 11.6 Å². The monoisotopic (exact) mass is 626 g/mol. The van der Waals surface area contributed by atoms with Gasteiger partial charge in [0.2, 0.25) is 10.0 Å². The molecule has 2 aromatic rings. The maximum atomic E-state index is 13.5. The van der Waals surface area contributed by atoms with Crippen molar-refractivity contribution in [1.82, 2.24) is 4.72 Å². The van der Waals surface area contributed by atoms with Gasteiger partial charge in [0, 0.05) is 29.1 Å². The largest absolute Gasteiger partial charge is 0.490 e. The Balaban J connectivity index is 1.42. The minimum Gasteiger partial charge on any atom is -0.490 e. The molecule has 6 atom stereocenters. The molecule has 2 aliphatic carbocycles. The zero-order valence-electron chi connectivity index (χ0n) is 25.1. The Kier molecular flexibility index (Phi) is 8.57. The van der Waals surface area contributed by atoms with Gasteiger partial charge in [-0.05, 0) is 104 Å². The number of aliphatic hydroxyl groups is 1. The molecule has 2 aliphatic heterocycles. The van der Waals surface area contributed by atoms with Crippen molar-refractivity contribution < 1.29 is 23.1 Å². The van der Waals surface area contributed by atoms with Gasteiger partial charge in [-0.1, -0.05) is 50.1 Å². The molecular weight excluding hydrogens is 584 g/mol. The number of aryl methyl sites for hydroxylation is 1. The lowest BCUT2D eigenvalue weighted by molar-refractivity contribution is 0.0455. The van der Waals surface area contributed by atoms with Crippen LogP contribution in [0.2, 0.25) is 5.02 Å². The maximum Gasteiger partial charge on any atom is 0.264 e. The van der Waals surface area contributed by atoms with Crippen LogP contribution in [0.1, 0.15) is 80.3 Å². The van der Waals surface area contributed by atoms with Gasteiger partial charge in [-0.25, -0.2) is 13.1 Å².